The number of morpholine rings is 1. The van der Waals surface area contributed by atoms with Crippen molar-refractivity contribution in [3.63, 3.8) is 0 Å². The van der Waals surface area contributed by atoms with Gasteiger partial charge in [0.1, 0.15) is 11.9 Å². The molecule has 0 aromatic carbocycles. The number of H-pyrrole nitrogens is 1. The van der Waals surface area contributed by atoms with Crippen molar-refractivity contribution < 1.29 is 14.3 Å². The third-order valence-electron chi connectivity index (χ3n) is 3.46. The molecule has 0 unspecified atom stereocenters. The van der Waals surface area contributed by atoms with E-state index >= 15 is 0 Å². The number of nitrogens with zero attached hydrogens (tertiary/aromatic N) is 3. The summed E-state index contributed by atoms with van der Waals surface area (Å²) >= 11 is 0. The van der Waals surface area contributed by atoms with Crippen molar-refractivity contribution in [2.45, 2.75) is 25.9 Å². The summed E-state index contributed by atoms with van der Waals surface area (Å²) in [5.41, 5.74) is 0.739. The van der Waals surface area contributed by atoms with Crippen LogP contribution in [-0.4, -0.2) is 52.3 Å². The molecule has 1 fully saturated rings. The number of amides is 1. The van der Waals surface area contributed by atoms with Crippen molar-refractivity contribution in [1.82, 2.24) is 20.1 Å². The third-order valence-corrected chi connectivity index (χ3v) is 3.46. The van der Waals surface area contributed by atoms with Gasteiger partial charge < -0.3 is 14.4 Å². The first-order valence-corrected chi connectivity index (χ1v) is 6.84. The second kappa shape index (κ2) is 5.62. The van der Waals surface area contributed by atoms with Crippen LogP contribution in [0.3, 0.4) is 0 Å². The largest absolute Gasteiger partial charge is 0.501 e. The maximum absolute atomic E-state index is 12.4. The molecule has 0 spiro atoms. The van der Waals surface area contributed by atoms with Gasteiger partial charge in [0, 0.05) is 6.54 Å². The van der Waals surface area contributed by atoms with Crippen LogP contribution in [-0.2, 0) is 14.3 Å². The smallest absolute Gasteiger partial charge is 0.253 e. The first kappa shape index (κ1) is 13.1. The number of carbonyl (C=O) groups excluding carboxylic acids is 1. The van der Waals surface area contributed by atoms with E-state index in [1.165, 1.54) is 0 Å². The summed E-state index contributed by atoms with van der Waals surface area (Å²) in [4.78, 5) is 18.5. The molecule has 3 rings (SSSR count). The van der Waals surface area contributed by atoms with Crippen LogP contribution >= 0.6 is 0 Å². The summed E-state index contributed by atoms with van der Waals surface area (Å²) in [5, 5.41) is 6.90. The Morgan fingerprint density at radius 2 is 2.40 bits per heavy atom. The molecule has 1 amide bonds. The molecule has 2 aliphatic heterocycles. The first-order chi connectivity index (χ1) is 9.74. The van der Waals surface area contributed by atoms with E-state index in [9.17, 15) is 4.79 Å². The number of carbonyl (C=O) groups is 1. The first-order valence-electron chi connectivity index (χ1n) is 6.84. The molecule has 7 nitrogen and oxygen atoms in total. The standard InChI is InChI=1S/C13H18N4O3/c1-9-14-12(16-15-9)11-7-17(4-6-20-11)13(18)10-3-2-5-19-8-10/h8,11H,2-7H2,1H3,(H,14,15,16)/t11-/m1/s1. The lowest BCUT2D eigenvalue weighted by atomic mass is 10.1. The average molecular weight is 278 g/mol. The summed E-state index contributed by atoms with van der Waals surface area (Å²) in [7, 11) is 0. The molecule has 0 radical (unpaired) electrons. The fourth-order valence-corrected chi connectivity index (χ4v) is 2.42. The van der Waals surface area contributed by atoms with Crippen LogP contribution in [0.1, 0.15) is 30.6 Å². The molecule has 108 valence electrons. The highest BCUT2D eigenvalue weighted by atomic mass is 16.5. The molecule has 1 N–H and O–H groups in total. The summed E-state index contributed by atoms with van der Waals surface area (Å²) in [5.74, 6) is 1.38. The monoisotopic (exact) mass is 278 g/mol. The van der Waals surface area contributed by atoms with Crippen LogP contribution in [0.4, 0.5) is 0 Å². The van der Waals surface area contributed by atoms with E-state index in [0.717, 1.165) is 24.2 Å². The Bertz CT molecular complexity index is 525. The lowest BCUT2D eigenvalue weighted by Gasteiger charge is -2.32. The van der Waals surface area contributed by atoms with Crippen molar-refractivity contribution in [3.05, 3.63) is 23.5 Å². The van der Waals surface area contributed by atoms with Crippen molar-refractivity contribution in [2.24, 2.45) is 0 Å². The van der Waals surface area contributed by atoms with Gasteiger partial charge in [0.15, 0.2) is 5.82 Å². The molecule has 0 saturated carbocycles. The third kappa shape index (κ3) is 2.67. The van der Waals surface area contributed by atoms with E-state index in [-0.39, 0.29) is 12.0 Å². The highest BCUT2D eigenvalue weighted by Crippen LogP contribution is 2.22. The second-order valence-corrected chi connectivity index (χ2v) is 5.01. The molecule has 1 aromatic heterocycles. The zero-order valence-electron chi connectivity index (χ0n) is 11.5. The number of aromatic amines is 1. The van der Waals surface area contributed by atoms with Gasteiger partial charge in [-0.15, -0.1) is 0 Å². The number of hydrogen-bond acceptors (Lipinski definition) is 5. The number of aromatic nitrogens is 3. The van der Waals surface area contributed by atoms with E-state index in [4.69, 9.17) is 9.47 Å². The summed E-state index contributed by atoms with van der Waals surface area (Å²) in [6, 6.07) is 0. The molecule has 1 aromatic rings. The molecule has 0 bridgehead atoms. The van der Waals surface area contributed by atoms with Crippen LogP contribution in [0.5, 0.6) is 0 Å². The minimum absolute atomic E-state index is 0.0326. The summed E-state index contributed by atoms with van der Waals surface area (Å²) < 4.78 is 10.9. The zero-order valence-corrected chi connectivity index (χ0v) is 11.5. The maximum atomic E-state index is 12.4. The molecule has 7 heteroatoms. The zero-order chi connectivity index (χ0) is 13.9. The normalized spacial score (nSPS) is 23.1. The van der Waals surface area contributed by atoms with Crippen LogP contribution in [0, 0.1) is 6.92 Å². The number of nitrogens with one attached hydrogen (secondary N) is 1. The molecule has 1 saturated heterocycles. The predicted octanol–water partition coefficient (Wildman–Crippen LogP) is 0.707. The average Bonchev–Trinajstić information content (AvgIpc) is 2.94. The lowest BCUT2D eigenvalue weighted by molar-refractivity contribution is -0.135. The summed E-state index contributed by atoms with van der Waals surface area (Å²) in [6.45, 7) is 4.10. The van der Waals surface area contributed by atoms with E-state index in [1.807, 2.05) is 6.92 Å². The highest BCUT2D eigenvalue weighted by Gasteiger charge is 2.29. The number of hydrogen-bond donors (Lipinski definition) is 1. The van der Waals surface area contributed by atoms with Crippen LogP contribution < -0.4 is 0 Å². The molecule has 0 aliphatic carbocycles. The topological polar surface area (TPSA) is 80.3 Å². The Labute approximate surface area is 117 Å². The Morgan fingerprint density at radius 1 is 1.50 bits per heavy atom. The Kier molecular flexibility index (Phi) is 3.68. The van der Waals surface area contributed by atoms with E-state index in [1.54, 1.807) is 11.2 Å². The van der Waals surface area contributed by atoms with Crippen molar-refractivity contribution in [1.29, 1.82) is 0 Å². The summed E-state index contributed by atoms with van der Waals surface area (Å²) in [6.07, 6.45) is 3.00. The van der Waals surface area contributed by atoms with Crippen molar-refractivity contribution in [2.75, 3.05) is 26.3 Å². The van der Waals surface area contributed by atoms with Gasteiger partial charge in [-0.25, -0.2) is 4.98 Å². The number of ether oxygens (including phenoxy) is 2. The number of aryl methyl sites for hydroxylation is 1. The molecule has 3 heterocycles. The molecule has 2 aliphatic rings. The predicted molar refractivity (Wildman–Crippen MR) is 69.7 cm³/mol. The van der Waals surface area contributed by atoms with Crippen molar-refractivity contribution in [3.8, 4) is 0 Å². The van der Waals surface area contributed by atoms with Crippen LogP contribution in [0.2, 0.25) is 0 Å². The minimum atomic E-state index is -0.261. The maximum Gasteiger partial charge on any atom is 0.253 e. The van der Waals surface area contributed by atoms with E-state index in [2.05, 4.69) is 15.2 Å². The Hall–Kier alpha value is -1.89. The Balaban J connectivity index is 1.68. The molecule has 20 heavy (non-hydrogen) atoms. The minimum Gasteiger partial charge on any atom is -0.501 e. The van der Waals surface area contributed by atoms with Gasteiger partial charge in [-0.3, -0.25) is 9.89 Å². The fraction of sp³-hybridized carbons (Fsp3) is 0.615. The van der Waals surface area contributed by atoms with Gasteiger partial charge in [-0.2, -0.15) is 5.10 Å². The van der Waals surface area contributed by atoms with Crippen molar-refractivity contribution >= 4 is 5.91 Å². The molecular weight excluding hydrogens is 260 g/mol. The molecular formula is C13H18N4O3. The highest BCUT2D eigenvalue weighted by molar-refractivity contribution is 5.93. The van der Waals surface area contributed by atoms with Gasteiger partial charge in [0.25, 0.3) is 5.91 Å². The van der Waals surface area contributed by atoms with Gasteiger partial charge in [0.05, 0.1) is 31.6 Å². The van der Waals surface area contributed by atoms with E-state index in [0.29, 0.717) is 32.1 Å². The second-order valence-electron chi connectivity index (χ2n) is 5.01. The van der Waals surface area contributed by atoms with Crippen LogP contribution in [0.25, 0.3) is 0 Å². The SMILES string of the molecule is Cc1nc([C@H]2CN(C(=O)C3=COCCC3)CCO2)n[nH]1. The van der Waals surface area contributed by atoms with Gasteiger partial charge >= 0.3 is 0 Å². The van der Waals surface area contributed by atoms with Crippen LogP contribution in [0.15, 0.2) is 11.8 Å². The van der Waals surface area contributed by atoms with Gasteiger partial charge in [-0.05, 0) is 19.8 Å². The quantitative estimate of drug-likeness (QED) is 0.861. The Morgan fingerprint density at radius 3 is 3.10 bits per heavy atom. The van der Waals surface area contributed by atoms with E-state index < -0.39 is 0 Å². The fourth-order valence-electron chi connectivity index (χ4n) is 2.42. The number of rotatable bonds is 2. The molecule has 1 atom stereocenters. The van der Waals surface area contributed by atoms with Gasteiger partial charge in [0.2, 0.25) is 0 Å². The van der Waals surface area contributed by atoms with Gasteiger partial charge in [-0.1, -0.05) is 0 Å². The lowest BCUT2D eigenvalue weighted by Crippen LogP contribution is -2.43.